The monoisotopic (exact) mass is 899 g/mol. The molecule has 2 aromatic heterocycles. The first kappa shape index (κ1) is 46.5. The van der Waals surface area contributed by atoms with Crippen LogP contribution in [0.15, 0.2) is 97.6 Å². The highest BCUT2D eigenvalue weighted by Gasteiger charge is 2.24. The highest BCUT2D eigenvalue weighted by atomic mass is 35.5. The summed E-state index contributed by atoms with van der Waals surface area (Å²) < 4.78 is 24.8. The van der Waals surface area contributed by atoms with Crippen molar-refractivity contribution >= 4 is 35.0 Å². The van der Waals surface area contributed by atoms with Crippen LogP contribution in [0.1, 0.15) is 74.3 Å². The van der Waals surface area contributed by atoms with Crippen molar-refractivity contribution in [1.29, 1.82) is 10.5 Å². The Hall–Kier alpha value is -7.00. The van der Waals surface area contributed by atoms with E-state index in [9.17, 15) is 30.3 Å². The highest BCUT2D eigenvalue weighted by molar-refractivity contribution is 6.32. The molecule has 4 aromatic carbocycles. The molecular formula is C49H43Cl2N5O8. The largest absolute Gasteiger partial charge is 0.488 e. The molecule has 13 nitrogen and oxygen atoms in total. The molecule has 0 fully saturated rings. The minimum Gasteiger partial charge on any atom is -0.488 e. The highest BCUT2D eigenvalue weighted by Crippen LogP contribution is 2.37. The van der Waals surface area contributed by atoms with Crippen LogP contribution < -0.4 is 24.3 Å². The number of carbonyl (C=O) groups excluding carboxylic acids is 1. The number of carbonyl (C=O) groups is 2. The lowest BCUT2D eigenvalue weighted by Gasteiger charge is -2.20. The average molecular weight is 901 g/mol. The molecule has 2 atom stereocenters. The summed E-state index contributed by atoms with van der Waals surface area (Å²) in [4.78, 5) is 32.5. The summed E-state index contributed by atoms with van der Waals surface area (Å²) in [6, 6.07) is 24.5. The Morgan fingerprint density at radius 2 is 1.17 bits per heavy atom. The van der Waals surface area contributed by atoms with Crippen LogP contribution in [0.5, 0.6) is 23.0 Å². The molecule has 0 bridgehead atoms. The normalized spacial score (nSPS) is 11.8. The number of nitriles is 2. The molecule has 0 saturated heterocycles. The Kier molecular flexibility index (Phi) is 15.5. The molecule has 0 saturated carbocycles. The molecule has 3 N–H and O–H groups in total. The van der Waals surface area contributed by atoms with Gasteiger partial charge in [-0.2, -0.15) is 10.5 Å². The SMILES string of the molecule is CC(=O)c1cc(Cl)c(OCc2cccc(-c3cccc(COc4cc(OCc5cncc(C#N)c5)c(CN[C@@H](C(=O)O)[C@H](C)O)cc4Cl)c3C)c2C)cc1OCc1cncc(C#N)c1. The molecule has 0 unspecified atom stereocenters. The summed E-state index contributed by atoms with van der Waals surface area (Å²) in [6.45, 7) is 7.27. The van der Waals surface area contributed by atoms with Crippen molar-refractivity contribution in [3.63, 3.8) is 0 Å². The molecule has 0 amide bonds. The van der Waals surface area contributed by atoms with Crippen LogP contribution in [0.3, 0.4) is 0 Å². The smallest absolute Gasteiger partial charge is 0.323 e. The third kappa shape index (κ3) is 11.5. The summed E-state index contributed by atoms with van der Waals surface area (Å²) >= 11 is 13.4. The van der Waals surface area contributed by atoms with Crippen molar-refractivity contribution < 1.29 is 38.7 Å². The zero-order valence-corrected chi connectivity index (χ0v) is 36.8. The van der Waals surface area contributed by atoms with Gasteiger partial charge < -0.3 is 29.2 Å². The summed E-state index contributed by atoms with van der Waals surface area (Å²) in [5.74, 6) is -0.159. The minimum absolute atomic E-state index is 0.00537. The number of ether oxygens (including phenoxy) is 4. The van der Waals surface area contributed by atoms with E-state index in [1.165, 1.54) is 32.3 Å². The molecule has 2 heterocycles. The van der Waals surface area contributed by atoms with Crippen molar-refractivity contribution in [1.82, 2.24) is 15.3 Å². The van der Waals surface area contributed by atoms with Crippen LogP contribution in [-0.4, -0.2) is 44.1 Å². The molecule has 0 aliphatic heterocycles. The number of Topliss-reactive ketones (excluding diaryl/α,β-unsaturated/α-hetero) is 1. The van der Waals surface area contributed by atoms with Gasteiger partial charge in [0.15, 0.2) is 5.78 Å². The zero-order valence-electron chi connectivity index (χ0n) is 35.3. The number of aromatic nitrogens is 2. The number of aliphatic hydroxyl groups is 1. The summed E-state index contributed by atoms with van der Waals surface area (Å²) in [5, 5.41) is 41.6. The number of nitrogens with one attached hydrogen (secondary N) is 1. The first-order chi connectivity index (χ1) is 30.8. The van der Waals surface area contributed by atoms with Crippen LogP contribution in [0.4, 0.5) is 0 Å². The standard InChI is InChI=1S/C49H43Cl2N5O8/c1-28-36(26-63-46-15-44(61-24-34-11-32(17-52)19-54-21-34)38(13-42(46)50)23-56-48(31(4)58)49(59)60)7-5-9-39(28)40-10-6-8-37(29(40)2)27-64-47-16-45(41(30(3)57)14-43(47)51)62-25-35-12-33(18-53)20-55-22-35/h5-16,19-22,31,48,56,58H,23-27H2,1-4H3,(H,59,60)/t31-,48+/m0/s1. The summed E-state index contributed by atoms with van der Waals surface area (Å²) in [6.07, 6.45) is 4.90. The Bertz CT molecular complexity index is 2780. The molecule has 64 heavy (non-hydrogen) atoms. The number of hydrogen-bond donors (Lipinski definition) is 3. The molecule has 0 spiro atoms. The van der Waals surface area contributed by atoms with Gasteiger partial charge in [0.1, 0.15) is 67.6 Å². The second-order valence-corrected chi connectivity index (χ2v) is 15.7. The quantitative estimate of drug-likeness (QED) is 0.0651. The number of aliphatic carboxylic acids is 1. The van der Waals surface area contributed by atoms with E-state index < -0.39 is 18.1 Å². The minimum atomic E-state index is -1.24. The average Bonchev–Trinajstić information content (AvgIpc) is 3.28. The van der Waals surface area contributed by atoms with Gasteiger partial charge in [0.05, 0.1) is 32.8 Å². The first-order valence-corrected chi connectivity index (χ1v) is 20.7. The summed E-state index contributed by atoms with van der Waals surface area (Å²) in [7, 11) is 0. The van der Waals surface area contributed by atoms with E-state index >= 15 is 0 Å². The van der Waals surface area contributed by atoms with Gasteiger partial charge in [0.2, 0.25) is 0 Å². The predicted molar refractivity (Wildman–Crippen MR) is 239 cm³/mol. The Labute approximate surface area is 380 Å². The van der Waals surface area contributed by atoms with E-state index in [1.54, 1.807) is 42.7 Å². The van der Waals surface area contributed by atoms with Crippen molar-refractivity contribution in [2.24, 2.45) is 0 Å². The predicted octanol–water partition coefficient (Wildman–Crippen LogP) is 9.25. The van der Waals surface area contributed by atoms with Crippen molar-refractivity contribution in [3.05, 3.63) is 163 Å². The Morgan fingerprint density at radius 1 is 0.688 bits per heavy atom. The van der Waals surface area contributed by atoms with Crippen LogP contribution in [0, 0.1) is 36.5 Å². The maximum absolute atomic E-state index is 12.5. The van der Waals surface area contributed by atoms with E-state index in [0.29, 0.717) is 50.6 Å². The number of carboxylic acids is 1. The number of benzene rings is 4. The number of pyridine rings is 2. The van der Waals surface area contributed by atoms with Gasteiger partial charge in [-0.25, -0.2) is 0 Å². The van der Waals surface area contributed by atoms with Gasteiger partial charge in [0, 0.05) is 60.2 Å². The van der Waals surface area contributed by atoms with E-state index in [1.807, 2.05) is 50.2 Å². The van der Waals surface area contributed by atoms with E-state index in [2.05, 4.69) is 27.4 Å². The number of halogens is 2. The second-order valence-electron chi connectivity index (χ2n) is 14.9. The molecular weight excluding hydrogens is 857 g/mol. The molecule has 326 valence electrons. The van der Waals surface area contributed by atoms with Crippen LogP contribution >= 0.6 is 23.2 Å². The van der Waals surface area contributed by atoms with E-state index in [-0.39, 0.29) is 54.6 Å². The third-order valence-corrected chi connectivity index (χ3v) is 11.0. The van der Waals surface area contributed by atoms with Gasteiger partial charge in [-0.05, 0) is 85.3 Å². The van der Waals surface area contributed by atoms with Crippen LogP contribution in [0.25, 0.3) is 11.1 Å². The fraction of sp³-hybridized carbons (Fsp3) is 0.224. The molecule has 0 aliphatic rings. The van der Waals surface area contributed by atoms with Gasteiger partial charge in [-0.3, -0.25) is 24.9 Å². The number of carboxylic acid groups (broad SMARTS) is 1. The summed E-state index contributed by atoms with van der Waals surface area (Å²) in [5.41, 5.74) is 8.58. The van der Waals surface area contributed by atoms with Gasteiger partial charge in [-0.15, -0.1) is 0 Å². The number of rotatable bonds is 19. The number of hydrogen-bond acceptors (Lipinski definition) is 12. The van der Waals surface area contributed by atoms with Gasteiger partial charge in [0.25, 0.3) is 0 Å². The number of nitrogens with zero attached hydrogens (tertiary/aromatic N) is 4. The lowest BCUT2D eigenvalue weighted by molar-refractivity contribution is -0.142. The molecule has 0 radical (unpaired) electrons. The molecule has 0 aliphatic carbocycles. The number of aliphatic hydroxyl groups excluding tert-OH is 1. The van der Waals surface area contributed by atoms with E-state index in [0.717, 1.165) is 33.4 Å². The maximum Gasteiger partial charge on any atom is 0.323 e. The Morgan fingerprint density at radius 3 is 1.66 bits per heavy atom. The molecule has 6 rings (SSSR count). The lowest BCUT2D eigenvalue weighted by Crippen LogP contribution is -2.44. The van der Waals surface area contributed by atoms with Crippen molar-refractivity contribution in [2.75, 3.05) is 0 Å². The van der Waals surface area contributed by atoms with E-state index in [4.69, 9.17) is 42.1 Å². The topological polar surface area (TPSA) is 197 Å². The molecule has 15 heteroatoms. The fourth-order valence-corrected chi connectivity index (χ4v) is 7.29. The molecule has 6 aromatic rings. The lowest BCUT2D eigenvalue weighted by atomic mass is 9.92. The second kappa shape index (κ2) is 21.4. The maximum atomic E-state index is 12.5. The zero-order chi connectivity index (χ0) is 45.9. The van der Waals surface area contributed by atoms with Crippen molar-refractivity contribution in [2.45, 2.75) is 72.8 Å². The first-order valence-electron chi connectivity index (χ1n) is 19.9. The van der Waals surface area contributed by atoms with Gasteiger partial charge in [-0.1, -0.05) is 59.6 Å². The Balaban J connectivity index is 1.20. The number of ketones is 1. The van der Waals surface area contributed by atoms with Crippen LogP contribution in [0.2, 0.25) is 10.0 Å². The van der Waals surface area contributed by atoms with Gasteiger partial charge >= 0.3 is 5.97 Å². The fourth-order valence-electron chi connectivity index (χ4n) is 6.83. The van der Waals surface area contributed by atoms with Crippen molar-refractivity contribution in [3.8, 4) is 46.3 Å². The third-order valence-electron chi connectivity index (χ3n) is 10.4. The van der Waals surface area contributed by atoms with Crippen LogP contribution in [-0.2, 0) is 37.8 Å².